The van der Waals surface area contributed by atoms with Gasteiger partial charge in [-0.25, -0.2) is 4.98 Å². The molecule has 2 nitrogen and oxygen atoms in total. The second-order valence-corrected chi connectivity index (χ2v) is 12.2. The molecule has 218 valence electrons. The number of furan rings is 1. The number of rotatable bonds is 3. The number of benzene rings is 8. The third-order valence-electron chi connectivity index (χ3n) is 9.67. The molecule has 0 aliphatic heterocycles. The largest absolute Gasteiger partial charge is 0.438 e. The van der Waals surface area contributed by atoms with Gasteiger partial charge < -0.3 is 4.42 Å². The molecule has 0 spiro atoms. The Labute approximate surface area is 271 Å². The van der Waals surface area contributed by atoms with Crippen LogP contribution in [0.5, 0.6) is 0 Å². The Bertz CT molecular complexity index is 2780. The van der Waals surface area contributed by atoms with E-state index in [1.165, 1.54) is 54.6 Å². The van der Waals surface area contributed by atoms with Crippen LogP contribution in [0.3, 0.4) is 0 Å². The molecule has 0 aliphatic rings. The van der Waals surface area contributed by atoms with E-state index in [-0.39, 0.29) is 0 Å². The molecule has 0 saturated carbocycles. The zero-order valence-corrected chi connectivity index (χ0v) is 25.4. The van der Waals surface area contributed by atoms with Crippen molar-refractivity contribution in [3.63, 3.8) is 0 Å². The predicted molar refractivity (Wildman–Crippen MR) is 198 cm³/mol. The lowest BCUT2D eigenvalue weighted by atomic mass is 9.84. The number of hydrogen-bond acceptors (Lipinski definition) is 2. The van der Waals surface area contributed by atoms with E-state index in [0.717, 1.165) is 38.4 Å². The maximum Gasteiger partial charge on any atom is 0.228 e. The van der Waals surface area contributed by atoms with Gasteiger partial charge in [-0.2, -0.15) is 0 Å². The van der Waals surface area contributed by atoms with Crippen molar-refractivity contribution in [1.29, 1.82) is 0 Å². The highest BCUT2D eigenvalue weighted by atomic mass is 16.3. The molecule has 0 N–H and O–H groups in total. The normalized spacial score (nSPS) is 11.8. The van der Waals surface area contributed by atoms with Gasteiger partial charge in [0.2, 0.25) is 5.71 Å². The summed E-state index contributed by atoms with van der Waals surface area (Å²) in [6, 6.07) is 58.8. The van der Waals surface area contributed by atoms with Gasteiger partial charge in [0.25, 0.3) is 0 Å². The van der Waals surface area contributed by atoms with Crippen molar-refractivity contribution >= 4 is 65.3 Å². The minimum atomic E-state index is 0.671. The molecule has 0 saturated heterocycles. The fourth-order valence-corrected chi connectivity index (χ4v) is 7.66. The lowest BCUT2D eigenvalue weighted by Gasteiger charge is -2.19. The summed E-state index contributed by atoms with van der Waals surface area (Å²) in [5, 5.41) is 10.8. The Hall–Kier alpha value is -6.25. The van der Waals surface area contributed by atoms with Crippen LogP contribution in [-0.2, 0) is 0 Å². The van der Waals surface area contributed by atoms with Crippen LogP contribution >= 0.6 is 0 Å². The van der Waals surface area contributed by atoms with Crippen molar-refractivity contribution in [3.05, 3.63) is 164 Å². The molecule has 47 heavy (non-hydrogen) atoms. The van der Waals surface area contributed by atoms with Crippen molar-refractivity contribution in [1.82, 2.24) is 4.98 Å². The molecule has 0 amide bonds. The summed E-state index contributed by atoms with van der Waals surface area (Å²) in [6.45, 7) is 0. The average Bonchev–Trinajstić information content (AvgIpc) is 3.51. The van der Waals surface area contributed by atoms with Crippen LogP contribution in [0.2, 0.25) is 0 Å². The summed E-state index contributed by atoms with van der Waals surface area (Å²) in [4.78, 5) is 4.92. The molecule has 0 unspecified atom stereocenters. The molecular weight excluding hydrogens is 571 g/mol. The lowest BCUT2D eigenvalue weighted by Crippen LogP contribution is -1.92. The molecule has 2 heterocycles. The molecule has 8 aromatic carbocycles. The number of para-hydroxylation sites is 2. The predicted octanol–water partition coefficient (Wildman–Crippen LogP) is 12.6. The maximum atomic E-state index is 6.28. The molecule has 10 aromatic rings. The molecule has 10 rings (SSSR count). The Morgan fingerprint density at radius 3 is 1.57 bits per heavy atom. The monoisotopic (exact) mass is 597 g/mol. The summed E-state index contributed by atoms with van der Waals surface area (Å²) in [6.07, 6.45) is 0. The Morgan fingerprint density at radius 2 is 0.872 bits per heavy atom. The highest BCUT2D eigenvalue weighted by Crippen LogP contribution is 2.46. The van der Waals surface area contributed by atoms with Crippen LogP contribution in [0.1, 0.15) is 0 Å². The van der Waals surface area contributed by atoms with E-state index in [0.29, 0.717) is 5.71 Å². The third kappa shape index (κ3) is 3.89. The lowest BCUT2D eigenvalue weighted by molar-refractivity contribution is 0.656. The standard InChI is InChI=1S/C45H27NO/c1-2-14-31-28(12-1)13-11-21-32(31)43-35-17-5-3-15-33(35)41(34-16-4-6-18-36(34)43)29-24-26-30(27-25-29)42-37-19-7-9-22-39(37)46-45-44(42)38-20-8-10-23-40(38)47-45/h1-27H. The highest BCUT2D eigenvalue weighted by molar-refractivity contribution is 6.24. The smallest absolute Gasteiger partial charge is 0.228 e. The van der Waals surface area contributed by atoms with Crippen molar-refractivity contribution in [2.24, 2.45) is 0 Å². The Balaban J connectivity index is 1.24. The van der Waals surface area contributed by atoms with E-state index in [2.05, 4.69) is 146 Å². The van der Waals surface area contributed by atoms with Gasteiger partial charge in [-0.15, -0.1) is 0 Å². The molecule has 0 fully saturated rings. The first-order chi connectivity index (χ1) is 23.3. The summed E-state index contributed by atoms with van der Waals surface area (Å²) in [5.41, 5.74) is 9.75. The number of pyridine rings is 1. The third-order valence-corrected chi connectivity index (χ3v) is 9.67. The first-order valence-electron chi connectivity index (χ1n) is 16.1. The average molecular weight is 598 g/mol. The first-order valence-corrected chi connectivity index (χ1v) is 16.1. The van der Waals surface area contributed by atoms with Gasteiger partial charge in [-0.05, 0) is 72.3 Å². The minimum Gasteiger partial charge on any atom is -0.438 e. The molecule has 0 atom stereocenters. The van der Waals surface area contributed by atoms with Crippen molar-refractivity contribution in [2.45, 2.75) is 0 Å². The van der Waals surface area contributed by atoms with Crippen LogP contribution in [-0.4, -0.2) is 4.98 Å². The Morgan fingerprint density at radius 1 is 0.362 bits per heavy atom. The second-order valence-electron chi connectivity index (χ2n) is 12.2. The summed E-state index contributed by atoms with van der Waals surface area (Å²) < 4.78 is 6.28. The summed E-state index contributed by atoms with van der Waals surface area (Å²) in [5.74, 6) is 0. The van der Waals surface area contributed by atoms with E-state index in [1.54, 1.807) is 0 Å². The highest BCUT2D eigenvalue weighted by Gasteiger charge is 2.20. The minimum absolute atomic E-state index is 0.671. The first kappa shape index (κ1) is 26.0. The number of hydrogen-bond donors (Lipinski definition) is 0. The molecular formula is C45H27NO. The summed E-state index contributed by atoms with van der Waals surface area (Å²) in [7, 11) is 0. The van der Waals surface area contributed by atoms with Crippen LogP contribution in [0.4, 0.5) is 0 Å². The van der Waals surface area contributed by atoms with E-state index < -0.39 is 0 Å². The zero-order chi connectivity index (χ0) is 30.9. The molecule has 2 aromatic heterocycles. The van der Waals surface area contributed by atoms with Crippen LogP contribution < -0.4 is 0 Å². The maximum absolute atomic E-state index is 6.28. The van der Waals surface area contributed by atoms with Crippen LogP contribution in [0.25, 0.3) is 98.7 Å². The van der Waals surface area contributed by atoms with Crippen LogP contribution in [0.15, 0.2) is 168 Å². The summed E-state index contributed by atoms with van der Waals surface area (Å²) >= 11 is 0. The fourth-order valence-electron chi connectivity index (χ4n) is 7.66. The van der Waals surface area contributed by atoms with Gasteiger partial charge in [0.05, 0.1) is 10.9 Å². The fraction of sp³-hybridized carbons (Fsp3) is 0. The van der Waals surface area contributed by atoms with Crippen molar-refractivity contribution < 1.29 is 4.42 Å². The van der Waals surface area contributed by atoms with Crippen molar-refractivity contribution in [3.8, 4) is 33.4 Å². The molecule has 2 heteroatoms. The zero-order valence-electron chi connectivity index (χ0n) is 25.4. The molecule has 0 aliphatic carbocycles. The topological polar surface area (TPSA) is 26.0 Å². The van der Waals surface area contributed by atoms with E-state index in [4.69, 9.17) is 9.40 Å². The molecule has 0 radical (unpaired) electrons. The van der Waals surface area contributed by atoms with Crippen molar-refractivity contribution in [2.75, 3.05) is 0 Å². The van der Waals surface area contributed by atoms with E-state index in [1.807, 2.05) is 18.2 Å². The number of nitrogens with zero attached hydrogens (tertiary/aromatic N) is 1. The van der Waals surface area contributed by atoms with Gasteiger partial charge in [-0.3, -0.25) is 0 Å². The van der Waals surface area contributed by atoms with Gasteiger partial charge >= 0.3 is 0 Å². The van der Waals surface area contributed by atoms with Gasteiger partial charge in [0, 0.05) is 16.3 Å². The number of aromatic nitrogens is 1. The quantitative estimate of drug-likeness (QED) is 0.189. The van der Waals surface area contributed by atoms with E-state index in [9.17, 15) is 0 Å². The SMILES string of the molecule is c1ccc2c(-c3c4ccccc4c(-c4ccc(-c5c6ccccc6nc6oc7ccccc7c56)cc4)c4ccccc34)cccc2c1. The molecule has 0 bridgehead atoms. The van der Waals surface area contributed by atoms with Gasteiger partial charge in [0.1, 0.15) is 5.58 Å². The van der Waals surface area contributed by atoms with Gasteiger partial charge in [0.15, 0.2) is 0 Å². The van der Waals surface area contributed by atoms with Gasteiger partial charge in [-0.1, -0.05) is 152 Å². The number of fused-ring (bicyclic) bond motifs is 7. The second kappa shape index (κ2) is 10.1. The van der Waals surface area contributed by atoms with E-state index >= 15 is 0 Å². The Kier molecular flexibility index (Phi) is 5.61. The van der Waals surface area contributed by atoms with Crippen LogP contribution in [0, 0.1) is 0 Å².